The first-order chi connectivity index (χ1) is 3.72. The first-order valence-corrected chi connectivity index (χ1v) is 5.10. The highest BCUT2D eigenvalue weighted by molar-refractivity contribution is 14.1. The van der Waals surface area contributed by atoms with Gasteiger partial charge < -0.3 is 0 Å². The molecule has 0 aliphatic heterocycles. The van der Waals surface area contributed by atoms with Gasteiger partial charge in [-0.2, -0.15) is 0 Å². The Balaban J connectivity index is 3.83. The average molecular weight is 377 g/mol. The van der Waals surface area contributed by atoms with E-state index in [2.05, 4.69) is 45.2 Å². The Morgan fingerprint density at radius 2 is 1.25 bits per heavy atom. The largest absolute Gasteiger partial charge is 0.121 e. The van der Waals surface area contributed by atoms with E-state index in [1.165, 1.54) is 0 Å². The monoisotopic (exact) mass is 376 g/mol. The zero-order valence-corrected chi connectivity index (χ0v) is 9.75. The zero-order valence-electron chi connectivity index (χ0n) is 3.93. The SMILES string of the molecule is ClCC(I)=C(I)CCl. The van der Waals surface area contributed by atoms with Crippen LogP contribution in [0.2, 0.25) is 0 Å². The molecule has 0 N–H and O–H groups in total. The number of alkyl halides is 2. The van der Waals surface area contributed by atoms with Crippen LogP contribution in [0.25, 0.3) is 0 Å². The van der Waals surface area contributed by atoms with E-state index in [0.717, 1.165) is 7.16 Å². The molecule has 0 aliphatic rings. The maximum atomic E-state index is 5.50. The van der Waals surface area contributed by atoms with Gasteiger partial charge in [0.15, 0.2) is 0 Å². The molecule has 0 spiro atoms. The van der Waals surface area contributed by atoms with Gasteiger partial charge in [-0.3, -0.25) is 0 Å². The Morgan fingerprint density at radius 1 is 1.00 bits per heavy atom. The van der Waals surface area contributed by atoms with Crippen LogP contribution in [-0.2, 0) is 0 Å². The zero-order chi connectivity index (χ0) is 6.57. The quantitative estimate of drug-likeness (QED) is 0.511. The molecule has 0 aromatic carbocycles. The van der Waals surface area contributed by atoms with Gasteiger partial charge in [0.1, 0.15) is 0 Å². The molecule has 0 bridgehead atoms. The van der Waals surface area contributed by atoms with Crippen molar-refractivity contribution in [3.8, 4) is 0 Å². The second-order valence-corrected chi connectivity index (χ2v) is 4.22. The van der Waals surface area contributed by atoms with Crippen molar-refractivity contribution in [1.29, 1.82) is 0 Å². The minimum Gasteiger partial charge on any atom is -0.121 e. The van der Waals surface area contributed by atoms with E-state index >= 15 is 0 Å². The number of halogens is 4. The van der Waals surface area contributed by atoms with Gasteiger partial charge in [0.25, 0.3) is 0 Å². The van der Waals surface area contributed by atoms with E-state index in [-0.39, 0.29) is 0 Å². The summed E-state index contributed by atoms with van der Waals surface area (Å²) in [5.74, 6) is 1.15. The highest BCUT2D eigenvalue weighted by Gasteiger charge is 1.94. The summed E-state index contributed by atoms with van der Waals surface area (Å²) in [5.41, 5.74) is 0. The fraction of sp³-hybridized carbons (Fsp3) is 0.500. The highest BCUT2D eigenvalue weighted by Crippen LogP contribution is 2.20. The third kappa shape index (κ3) is 3.74. The van der Waals surface area contributed by atoms with Crippen LogP contribution >= 0.6 is 68.4 Å². The average Bonchev–Trinajstić information content (AvgIpc) is 1.84. The van der Waals surface area contributed by atoms with E-state index in [4.69, 9.17) is 23.2 Å². The van der Waals surface area contributed by atoms with Gasteiger partial charge >= 0.3 is 0 Å². The van der Waals surface area contributed by atoms with Crippen LogP contribution in [0.1, 0.15) is 0 Å². The maximum Gasteiger partial charge on any atom is 0.0539 e. The molecular weight excluding hydrogens is 373 g/mol. The smallest absolute Gasteiger partial charge is 0.0539 e. The summed E-state index contributed by atoms with van der Waals surface area (Å²) in [7, 11) is 0. The molecule has 0 aromatic rings. The fourth-order valence-corrected chi connectivity index (χ4v) is 1.30. The predicted octanol–water partition coefficient (Wildman–Crippen LogP) is 3.55. The van der Waals surface area contributed by atoms with Crippen LogP contribution in [0.3, 0.4) is 0 Å². The number of hydrogen-bond donors (Lipinski definition) is 0. The molecule has 0 aliphatic carbocycles. The summed E-state index contributed by atoms with van der Waals surface area (Å²) in [4.78, 5) is 0. The number of hydrogen-bond acceptors (Lipinski definition) is 0. The lowest BCUT2D eigenvalue weighted by Crippen LogP contribution is -1.78. The van der Waals surface area contributed by atoms with Gasteiger partial charge in [0.2, 0.25) is 0 Å². The van der Waals surface area contributed by atoms with E-state index < -0.39 is 0 Å². The molecule has 0 amide bonds. The molecular formula is C4H4Cl2I2. The second kappa shape index (κ2) is 5.56. The van der Waals surface area contributed by atoms with Crippen molar-refractivity contribution in [2.75, 3.05) is 11.8 Å². The number of rotatable bonds is 2. The van der Waals surface area contributed by atoms with Gasteiger partial charge in [0, 0.05) is 7.16 Å². The van der Waals surface area contributed by atoms with Crippen molar-refractivity contribution < 1.29 is 0 Å². The van der Waals surface area contributed by atoms with E-state index in [1.807, 2.05) is 0 Å². The first-order valence-electron chi connectivity index (χ1n) is 1.87. The predicted molar refractivity (Wildman–Crippen MR) is 56.5 cm³/mol. The van der Waals surface area contributed by atoms with Gasteiger partial charge in [-0.25, -0.2) is 0 Å². The van der Waals surface area contributed by atoms with E-state index in [9.17, 15) is 0 Å². The molecule has 0 rings (SSSR count). The summed E-state index contributed by atoms with van der Waals surface area (Å²) < 4.78 is 2.28. The van der Waals surface area contributed by atoms with E-state index in [0.29, 0.717) is 11.8 Å². The number of allylic oxidation sites excluding steroid dienone is 2. The summed E-state index contributed by atoms with van der Waals surface area (Å²) in [6.07, 6.45) is 0. The Hall–Kier alpha value is 1.78. The van der Waals surface area contributed by atoms with Crippen LogP contribution < -0.4 is 0 Å². The van der Waals surface area contributed by atoms with Crippen molar-refractivity contribution in [3.05, 3.63) is 7.16 Å². The van der Waals surface area contributed by atoms with Crippen LogP contribution in [0.15, 0.2) is 7.16 Å². The summed E-state index contributed by atoms with van der Waals surface area (Å²) >= 11 is 15.4. The minimum absolute atomic E-state index is 0.575. The molecule has 0 saturated carbocycles. The second-order valence-electron chi connectivity index (χ2n) is 1.08. The molecule has 0 aromatic heterocycles. The molecule has 0 saturated heterocycles. The molecule has 0 atom stereocenters. The van der Waals surface area contributed by atoms with Crippen molar-refractivity contribution in [1.82, 2.24) is 0 Å². The molecule has 48 valence electrons. The van der Waals surface area contributed by atoms with E-state index in [1.54, 1.807) is 0 Å². The van der Waals surface area contributed by atoms with Gasteiger partial charge in [-0.1, -0.05) is 0 Å². The summed E-state index contributed by atoms with van der Waals surface area (Å²) in [6.45, 7) is 0. The van der Waals surface area contributed by atoms with Crippen LogP contribution in [0.4, 0.5) is 0 Å². The van der Waals surface area contributed by atoms with Gasteiger partial charge in [-0.15, -0.1) is 23.2 Å². The summed E-state index contributed by atoms with van der Waals surface area (Å²) in [5, 5.41) is 0. The molecule has 0 radical (unpaired) electrons. The maximum absolute atomic E-state index is 5.50. The van der Waals surface area contributed by atoms with Crippen LogP contribution in [0, 0.1) is 0 Å². The van der Waals surface area contributed by atoms with Crippen molar-refractivity contribution in [2.45, 2.75) is 0 Å². The molecule has 8 heavy (non-hydrogen) atoms. The Bertz CT molecular complexity index is 88.2. The molecule has 4 heteroatoms. The molecule has 0 fully saturated rings. The minimum atomic E-state index is 0.575. The van der Waals surface area contributed by atoms with Crippen LogP contribution in [-0.4, -0.2) is 11.8 Å². The lowest BCUT2D eigenvalue weighted by Gasteiger charge is -1.92. The third-order valence-electron chi connectivity index (χ3n) is 0.529. The fourth-order valence-electron chi connectivity index (χ4n) is 0.145. The molecule has 0 unspecified atom stereocenters. The standard InChI is InChI=1S/C4H4Cl2I2/c5-1-3(7)4(8)2-6/h1-2H2. The van der Waals surface area contributed by atoms with Gasteiger partial charge in [-0.05, 0) is 45.2 Å². The molecule has 0 heterocycles. The van der Waals surface area contributed by atoms with Crippen LogP contribution in [0.5, 0.6) is 0 Å². The topological polar surface area (TPSA) is 0 Å². The Kier molecular flexibility index (Phi) is 6.79. The Labute approximate surface area is 86.3 Å². The first kappa shape index (κ1) is 9.78. The lowest BCUT2D eigenvalue weighted by atomic mass is 10.6. The van der Waals surface area contributed by atoms with Gasteiger partial charge in [0.05, 0.1) is 11.8 Å². The van der Waals surface area contributed by atoms with Crippen molar-refractivity contribution >= 4 is 68.4 Å². The van der Waals surface area contributed by atoms with Crippen molar-refractivity contribution in [3.63, 3.8) is 0 Å². The third-order valence-corrected chi connectivity index (χ3v) is 5.06. The van der Waals surface area contributed by atoms with Crippen molar-refractivity contribution in [2.24, 2.45) is 0 Å². The molecule has 0 nitrogen and oxygen atoms in total. The lowest BCUT2D eigenvalue weighted by molar-refractivity contribution is 1.62. The highest BCUT2D eigenvalue weighted by atomic mass is 127. The summed E-state index contributed by atoms with van der Waals surface area (Å²) in [6, 6.07) is 0. The Morgan fingerprint density at radius 3 is 1.38 bits per heavy atom. The normalized spacial score (nSPS) is 13.5.